The molecule has 0 bridgehead atoms. The SMILES string of the molecule is CC(C)CCC[C@@H](C)[C@H]1CC[C@H]2[C@@H]3CC(O)=C4C[C@@H](O)C(O)C[C@]4(C)[C@H]3CC[C@]12C. The van der Waals surface area contributed by atoms with Gasteiger partial charge < -0.3 is 15.3 Å². The van der Waals surface area contributed by atoms with Crippen LogP contribution in [0.2, 0.25) is 0 Å². The van der Waals surface area contributed by atoms with Gasteiger partial charge in [0.15, 0.2) is 0 Å². The highest BCUT2D eigenvalue weighted by Gasteiger charge is 2.61. The average molecular weight is 419 g/mol. The molecule has 0 spiro atoms. The predicted molar refractivity (Wildman–Crippen MR) is 122 cm³/mol. The van der Waals surface area contributed by atoms with Crippen molar-refractivity contribution in [3.8, 4) is 0 Å². The van der Waals surface area contributed by atoms with Gasteiger partial charge >= 0.3 is 0 Å². The fourth-order valence-electron chi connectivity index (χ4n) is 8.83. The Hall–Kier alpha value is -0.540. The molecule has 9 atom stereocenters. The van der Waals surface area contributed by atoms with Gasteiger partial charge in [-0.15, -0.1) is 0 Å². The van der Waals surface area contributed by atoms with Crippen LogP contribution in [0.1, 0.15) is 98.8 Å². The molecule has 4 aliphatic rings. The Balaban J connectivity index is 1.54. The van der Waals surface area contributed by atoms with Crippen LogP contribution in [0.3, 0.4) is 0 Å². The van der Waals surface area contributed by atoms with E-state index in [4.69, 9.17) is 0 Å². The van der Waals surface area contributed by atoms with Gasteiger partial charge in [-0.2, -0.15) is 0 Å². The molecule has 0 radical (unpaired) electrons. The first-order valence-corrected chi connectivity index (χ1v) is 12.9. The number of fused-ring (bicyclic) bond motifs is 5. The zero-order valence-corrected chi connectivity index (χ0v) is 20.0. The normalized spacial score (nSPS) is 47.1. The maximum Gasteiger partial charge on any atom is 0.0924 e. The first-order chi connectivity index (χ1) is 14.1. The Bertz CT molecular complexity index is 669. The highest BCUT2D eigenvalue weighted by atomic mass is 16.3. The lowest BCUT2D eigenvalue weighted by Gasteiger charge is -2.59. The third-order valence-electron chi connectivity index (χ3n) is 10.4. The molecular weight excluding hydrogens is 372 g/mol. The fraction of sp³-hybridized carbons (Fsp3) is 0.926. The first kappa shape index (κ1) is 22.6. The van der Waals surface area contributed by atoms with Crippen molar-refractivity contribution < 1.29 is 15.3 Å². The molecule has 0 aromatic carbocycles. The van der Waals surface area contributed by atoms with Crippen LogP contribution in [0.4, 0.5) is 0 Å². The van der Waals surface area contributed by atoms with Gasteiger partial charge in [0.2, 0.25) is 0 Å². The van der Waals surface area contributed by atoms with Gasteiger partial charge in [0.05, 0.1) is 18.0 Å². The van der Waals surface area contributed by atoms with Gasteiger partial charge in [-0.05, 0) is 84.0 Å². The van der Waals surface area contributed by atoms with Crippen molar-refractivity contribution in [1.82, 2.24) is 0 Å². The lowest BCUT2D eigenvalue weighted by molar-refractivity contribution is -0.0960. The number of hydrogen-bond donors (Lipinski definition) is 3. The molecule has 0 aromatic rings. The molecule has 0 heterocycles. The van der Waals surface area contributed by atoms with Crippen molar-refractivity contribution in [3.05, 3.63) is 11.3 Å². The Morgan fingerprint density at radius 3 is 2.37 bits per heavy atom. The Kier molecular flexibility index (Phi) is 6.12. The lowest BCUT2D eigenvalue weighted by Crippen LogP contribution is -2.54. The summed E-state index contributed by atoms with van der Waals surface area (Å²) in [6.45, 7) is 12.0. The third-order valence-corrected chi connectivity index (χ3v) is 10.4. The van der Waals surface area contributed by atoms with Crippen LogP contribution in [0.15, 0.2) is 11.3 Å². The highest BCUT2D eigenvalue weighted by molar-refractivity contribution is 5.29. The van der Waals surface area contributed by atoms with E-state index < -0.39 is 12.2 Å². The zero-order chi connectivity index (χ0) is 21.8. The van der Waals surface area contributed by atoms with Crippen LogP contribution >= 0.6 is 0 Å². The number of aliphatic hydroxyl groups is 3. The van der Waals surface area contributed by atoms with Crippen molar-refractivity contribution in [2.75, 3.05) is 0 Å². The van der Waals surface area contributed by atoms with E-state index in [2.05, 4.69) is 34.6 Å². The molecular formula is C27H46O3. The molecule has 0 aromatic heterocycles. The van der Waals surface area contributed by atoms with E-state index in [1.54, 1.807) is 0 Å². The summed E-state index contributed by atoms with van der Waals surface area (Å²) in [6.07, 6.45) is 9.69. The molecule has 3 saturated carbocycles. The second-order valence-electron chi connectivity index (χ2n) is 12.5. The number of aliphatic hydroxyl groups excluding tert-OH is 3. The van der Waals surface area contributed by atoms with E-state index in [1.807, 2.05) is 0 Å². The molecule has 3 fully saturated rings. The van der Waals surface area contributed by atoms with Crippen LogP contribution in [-0.2, 0) is 0 Å². The average Bonchev–Trinajstić information content (AvgIpc) is 3.01. The van der Waals surface area contributed by atoms with E-state index in [-0.39, 0.29) is 5.41 Å². The van der Waals surface area contributed by atoms with Crippen LogP contribution in [0, 0.1) is 46.3 Å². The summed E-state index contributed by atoms with van der Waals surface area (Å²) in [5, 5.41) is 31.8. The third kappa shape index (κ3) is 3.56. The molecule has 1 unspecified atom stereocenters. The lowest BCUT2D eigenvalue weighted by atomic mass is 9.46. The molecule has 3 heteroatoms. The van der Waals surface area contributed by atoms with Crippen molar-refractivity contribution in [2.45, 2.75) is 111 Å². The minimum absolute atomic E-state index is 0.145. The standard InChI is InChI=1S/C27H46O3/c1-16(2)7-6-8-17(3)19-9-10-20-18-13-23(28)22-14-24(29)25(30)15-27(22,5)21(18)11-12-26(19,20)4/h16-21,24-25,28-30H,6-15H2,1-5H3/t17-,18+,19-,20+,21+,24-,25?,26-,27-/m1/s1. The topological polar surface area (TPSA) is 60.7 Å². The minimum Gasteiger partial charge on any atom is -0.512 e. The molecule has 30 heavy (non-hydrogen) atoms. The van der Waals surface area contributed by atoms with Gasteiger partial charge in [0.1, 0.15) is 0 Å². The molecule has 0 amide bonds. The van der Waals surface area contributed by atoms with E-state index in [0.717, 1.165) is 29.7 Å². The minimum atomic E-state index is -0.719. The van der Waals surface area contributed by atoms with Crippen molar-refractivity contribution in [1.29, 1.82) is 0 Å². The Morgan fingerprint density at radius 2 is 1.67 bits per heavy atom. The smallest absolute Gasteiger partial charge is 0.0924 e. The molecule has 4 aliphatic carbocycles. The summed E-state index contributed by atoms with van der Waals surface area (Å²) in [5.74, 6) is 4.72. The zero-order valence-electron chi connectivity index (χ0n) is 20.0. The quantitative estimate of drug-likeness (QED) is 0.495. The van der Waals surface area contributed by atoms with E-state index in [0.29, 0.717) is 41.8 Å². The highest BCUT2D eigenvalue weighted by Crippen LogP contribution is 2.68. The summed E-state index contributed by atoms with van der Waals surface area (Å²) in [6, 6.07) is 0. The van der Waals surface area contributed by atoms with Gasteiger partial charge in [0.25, 0.3) is 0 Å². The van der Waals surface area contributed by atoms with Crippen molar-refractivity contribution in [2.24, 2.45) is 46.3 Å². The molecule has 3 N–H and O–H groups in total. The Labute approximate surface area is 184 Å². The van der Waals surface area contributed by atoms with Crippen LogP contribution in [0.25, 0.3) is 0 Å². The number of hydrogen-bond acceptors (Lipinski definition) is 3. The summed E-state index contributed by atoms with van der Waals surface area (Å²) in [5.41, 5.74) is 1.31. The second-order valence-corrected chi connectivity index (χ2v) is 12.5. The largest absolute Gasteiger partial charge is 0.512 e. The fourth-order valence-corrected chi connectivity index (χ4v) is 8.83. The summed E-state index contributed by atoms with van der Waals surface area (Å²) < 4.78 is 0. The van der Waals surface area contributed by atoms with Crippen LogP contribution < -0.4 is 0 Å². The maximum atomic E-state index is 11.0. The summed E-state index contributed by atoms with van der Waals surface area (Å²) in [7, 11) is 0. The predicted octanol–water partition coefficient (Wildman–Crippen LogP) is 6.25. The molecule has 172 valence electrons. The van der Waals surface area contributed by atoms with E-state index >= 15 is 0 Å². The van der Waals surface area contributed by atoms with Crippen molar-refractivity contribution >= 4 is 0 Å². The van der Waals surface area contributed by atoms with Gasteiger partial charge in [0, 0.05) is 12.8 Å². The number of rotatable bonds is 5. The molecule has 0 saturated heterocycles. The molecule has 0 aliphatic heterocycles. The summed E-state index contributed by atoms with van der Waals surface area (Å²) in [4.78, 5) is 0. The maximum absolute atomic E-state index is 11.0. The van der Waals surface area contributed by atoms with Crippen LogP contribution in [-0.4, -0.2) is 27.5 Å². The van der Waals surface area contributed by atoms with Gasteiger partial charge in [-0.3, -0.25) is 0 Å². The van der Waals surface area contributed by atoms with Crippen LogP contribution in [0.5, 0.6) is 0 Å². The Morgan fingerprint density at radius 1 is 0.933 bits per heavy atom. The monoisotopic (exact) mass is 418 g/mol. The molecule has 3 nitrogen and oxygen atoms in total. The first-order valence-electron chi connectivity index (χ1n) is 12.9. The number of allylic oxidation sites excluding steroid dienone is 1. The molecule has 4 rings (SSSR count). The van der Waals surface area contributed by atoms with Crippen molar-refractivity contribution in [3.63, 3.8) is 0 Å². The van der Waals surface area contributed by atoms with E-state index in [9.17, 15) is 15.3 Å². The van der Waals surface area contributed by atoms with E-state index in [1.165, 1.54) is 44.9 Å². The van der Waals surface area contributed by atoms with Gasteiger partial charge in [-0.25, -0.2) is 0 Å². The van der Waals surface area contributed by atoms with Gasteiger partial charge in [-0.1, -0.05) is 53.9 Å². The summed E-state index contributed by atoms with van der Waals surface area (Å²) >= 11 is 0. The second kappa shape index (κ2) is 8.10.